The Labute approximate surface area is 185 Å². The third-order valence-corrected chi connectivity index (χ3v) is 5.53. The number of nitrogens with one attached hydrogen (secondary N) is 1. The smallest absolute Gasteiger partial charge is 0.247 e. The summed E-state index contributed by atoms with van der Waals surface area (Å²) in [5.74, 6) is 0.772. The minimum absolute atomic E-state index is 0.0420. The van der Waals surface area contributed by atoms with Crippen molar-refractivity contribution < 1.29 is 13.6 Å². The number of carbonyl (C=O) groups excluding carboxylic acids is 1. The monoisotopic (exact) mass is 458 g/mol. The van der Waals surface area contributed by atoms with E-state index in [0.29, 0.717) is 33.5 Å². The second-order valence-corrected chi connectivity index (χ2v) is 7.84. The van der Waals surface area contributed by atoms with E-state index in [-0.39, 0.29) is 18.0 Å². The van der Waals surface area contributed by atoms with E-state index in [4.69, 9.17) is 16.0 Å². The molecule has 0 fully saturated rings. The van der Waals surface area contributed by atoms with Crippen LogP contribution in [0.1, 0.15) is 11.7 Å². The van der Waals surface area contributed by atoms with Crippen LogP contribution in [-0.2, 0) is 24.0 Å². The predicted octanol–water partition coefficient (Wildman–Crippen LogP) is 4.13. The maximum absolute atomic E-state index is 13.7. The Morgan fingerprint density at radius 1 is 1.13 bits per heavy atom. The molecule has 2 aromatic carbocycles. The Morgan fingerprint density at radius 3 is 2.68 bits per heavy atom. The molecule has 0 aliphatic heterocycles. The van der Waals surface area contributed by atoms with Gasteiger partial charge in [-0.2, -0.15) is 0 Å². The van der Waals surface area contributed by atoms with Gasteiger partial charge in [-0.15, -0.1) is 20.4 Å². The third-order valence-electron chi connectivity index (χ3n) is 4.27. The average molecular weight is 459 g/mol. The lowest BCUT2D eigenvalue weighted by Gasteiger charge is -2.06. The van der Waals surface area contributed by atoms with Crippen LogP contribution >= 0.6 is 23.4 Å². The first-order valence-corrected chi connectivity index (χ1v) is 10.5. The van der Waals surface area contributed by atoms with Gasteiger partial charge in [0, 0.05) is 17.6 Å². The first-order chi connectivity index (χ1) is 15.0. The number of carbonyl (C=O) groups is 1. The largest absolute Gasteiger partial charge is 0.420 e. The predicted molar refractivity (Wildman–Crippen MR) is 114 cm³/mol. The number of nitrogens with zero attached hydrogens (tertiary/aromatic N) is 5. The van der Waals surface area contributed by atoms with Crippen LogP contribution in [0.15, 0.2) is 58.1 Å². The topological polar surface area (TPSA) is 98.7 Å². The molecule has 0 radical (unpaired) electrons. The number of aromatic nitrogens is 5. The SMILES string of the molecule is Cn1c(CC(=O)Nc2ccccc2F)nnc1SCc1nnc(-c2ccc(Cl)cc2)o1. The summed E-state index contributed by atoms with van der Waals surface area (Å²) in [7, 11) is 1.75. The number of hydrogen-bond acceptors (Lipinski definition) is 7. The molecule has 0 saturated heterocycles. The Kier molecular flexibility index (Phi) is 6.28. The molecule has 2 aromatic heterocycles. The molecule has 4 aromatic rings. The van der Waals surface area contributed by atoms with Gasteiger partial charge >= 0.3 is 0 Å². The van der Waals surface area contributed by atoms with E-state index in [1.165, 1.54) is 23.9 Å². The van der Waals surface area contributed by atoms with E-state index >= 15 is 0 Å². The molecule has 4 rings (SSSR count). The fourth-order valence-electron chi connectivity index (χ4n) is 2.67. The van der Waals surface area contributed by atoms with Gasteiger partial charge in [0.1, 0.15) is 11.6 Å². The molecular formula is C20H16ClFN6O2S. The number of halogens is 2. The Balaban J connectivity index is 1.36. The second kappa shape index (κ2) is 9.27. The normalized spacial score (nSPS) is 10.9. The van der Waals surface area contributed by atoms with Gasteiger partial charge in [-0.1, -0.05) is 35.5 Å². The number of para-hydroxylation sites is 1. The molecule has 1 amide bonds. The number of anilines is 1. The lowest BCUT2D eigenvalue weighted by Crippen LogP contribution is -2.17. The molecule has 2 heterocycles. The van der Waals surface area contributed by atoms with E-state index in [2.05, 4.69) is 25.7 Å². The summed E-state index contributed by atoms with van der Waals surface area (Å²) in [5, 5.41) is 20.0. The van der Waals surface area contributed by atoms with Gasteiger partial charge < -0.3 is 14.3 Å². The summed E-state index contributed by atoms with van der Waals surface area (Å²) in [5.41, 5.74) is 0.895. The van der Waals surface area contributed by atoms with Crippen LogP contribution in [0.5, 0.6) is 0 Å². The van der Waals surface area contributed by atoms with Gasteiger partial charge in [0.2, 0.25) is 17.7 Å². The fraction of sp³-hybridized carbons (Fsp3) is 0.150. The first kappa shape index (κ1) is 21.0. The fourth-order valence-corrected chi connectivity index (χ4v) is 3.57. The van der Waals surface area contributed by atoms with Gasteiger partial charge in [-0.25, -0.2) is 4.39 Å². The molecule has 0 unspecified atom stereocenters. The minimum Gasteiger partial charge on any atom is -0.420 e. The zero-order valence-corrected chi connectivity index (χ0v) is 17.8. The molecule has 11 heteroatoms. The Hall–Kier alpha value is -3.24. The van der Waals surface area contributed by atoms with Crippen LogP contribution in [-0.4, -0.2) is 30.9 Å². The van der Waals surface area contributed by atoms with Gasteiger partial charge in [0.05, 0.1) is 17.9 Å². The summed E-state index contributed by atoms with van der Waals surface area (Å²) in [6.45, 7) is 0. The molecule has 0 atom stereocenters. The van der Waals surface area contributed by atoms with Crippen LogP contribution in [0.25, 0.3) is 11.5 Å². The summed E-state index contributed by atoms with van der Waals surface area (Å²) >= 11 is 7.24. The van der Waals surface area contributed by atoms with Crippen molar-refractivity contribution in [1.82, 2.24) is 25.0 Å². The average Bonchev–Trinajstić information content (AvgIpc) is 3.36. The van der Waals surface area contributed by atoms with Gasteiger partial charge in [0.25, 0.3) is 0 Å². The van der Waals surface area contributed by atoms with E-state index in [0.717, 1.165) is 5.56 Å². The van der Waals surface area contributed by atoms with E-state index in [9.17, 15) is 9.18 Å². The number of thioether (sulfide) groups is 1. The summed E-state index contributed by atoms with van der Waals surface area (Å²) < 4.78 is 21.1. The van der Waals surface area contributed by atoms with Crippen molar-refractivity contribution in [1.29, 1.82) is 0 Å². The Morgan fingerprint density at radius 2 is 1.90 bits per heavy atom. The van der Waals surface area contributed by atoms with Gasteiger partial charge in [-0.3, -0.25) is 4.79 Å². The molecule has 158 valence electrons. The quantitative estimate of drug-likeness (QED) is 0.415. The second-order valence-electron chi connectivity index (χ2n) is 6.46. The minimum atomic E-state index is -0.498. The van der Waals surface area contributed by atoms with Crippen molar-refractivity contribution in [2.75, 3.05) is 5.32 Å². The zero-order chi connectivity index (χ0) is 21.8. The van der Waals surface area contributed by atoms with Crippen LogP contribution in [0.3, 0.4) is 0 Å². The van der Waals surface area contributed by atoms with E-state index in [1.54, 1.807) is 48.0 Å². The maximum Gasteiger partial charge on any atom is 0.247 e. The number of rotatable bonds is 7. The van der Waals surface area contributed by atoms with Crippen LogP contribution in [0.2, 0.25) is 5.02 Å². The van der Waals surface area contributed by atoms with E-state index < -0.39 is 5.82 Å². The highest BCUT2D eigenvalue weighted by Gasteiger charge is 2.16. The molecule has 0 saturated carbocycles. The molecule has 1 N–H and O–H groups in total. The lowest BCUT2D eigenvalue weighted by atomic mass is 10.2. The Bertz CT molecular complexity index is 1210. The summed E-state index contributed by atoms with van der Waals surface area (Å²) in [6.07, 6.45) is -0.0420. The first-order valence-electron chi connectivity index (χ1n) is 9.13. The van der Waals surface area contributed by atoms with Gasteiger partial charge in [-0.05, 0) is 36.4 Å². The molecular weight excluding hydrogens is 443 g/mol. The highest BCUT2D eigenvalue weighted by atomic mass is 35.5. The van der Waals surface area contributed by atoms with Crippen LogP contribution in [0.4, 0.5) is 10.1 Å². The standard InChI is InChI=1S/C20H16ClFN6O2S/c1-28-16(10-17(29)23-15-5-3-2-4-14(15)22)24-27-20(28)31-11-18-25-26-19(30-18)12-6-8-13(21)9-7-12/h2-9H,10-11H2,1H3,(H,23,29). The highest BCUT2D eigenvalue weighted by Crippen LogP contribution is 2.24. The molecule has 31 heavy (non-hydrogen) atoms. The maximum atomic E-state index is 13.7. The van der Waals surface area contributed by atoms with Crippen molar-refractivity contribution in [2.45, 2.75) is 17.3 Å². The van der Waals surface area contributed by atoms with Crippen molar-refractivity contribution in [2.24, 2.45) is 7.05 Å². The van der Waals surface area contributed by atoms with Crippen molar-refractivity contribution >= 4 is 35.0 Å². The lowest BCUT2D eigenvalue weighted by molar-refractivity contribution is -0.115. The number of benzene rings is 2. The van der Waals surface area contributed by atoms with Crippen LogP contribution in [0, 0.1) is 5.82 Å². The molecule has 0 aliphatic carbocycles. The number of hydrogen-bond donors (Lipinski definition) is 1. The molecule has 0 bridgehead atoms. The summed E-state index contributed by atoms with van der Waals surface area (Å²) in [6, 6.07) is 13.1. The molecule has 0 spiro atoms. The molecule has 8 nitrogen and oxygen atoms in total. The van der Waals surface area contributed by atoms with Crippen LogP contribution < -0.4 is 5.32 Å². The van der Waals surface area contributed by atoms with Crippen molar-refractivity contribution in [3.63, 3.8) is 0 Å². The van der Waals surface area contributed by atoms with E-state index in [1.807, 2.05) is 0 Å². The summed E-state index contributed by atoms with van der Waals surface area (Å²) in [4.78, 5) is 12.2. The zero-order valence-electron chi connectivity index (χ0n) is 16.2. The van der Waals surface area contributed by atoms with Crippen molar-refractivity contribution in [3.8, 4) is 11.5 Å². The molecule has 0 aliphatic rings. The van der Waals surface area contributed by atoms with Gasteiger partial charge in [0.15, 0.2) is 5.16 Å². The number of amides is 1. The third kappa shape index (κ3) is 5.09. The van der Waals surface area contributed by atoms with Crippen molar-refractivity contribution in [3.05, 3.63) is 71.1 Å². The highest BCUT2D eigenvalue weighted by molar-refractivity contribution is 7.98.